The van der Waals surface area contributed by atoms with E-state index in [-0.39, 0.29) is 5.41 Å². The quantitative estimate of drug-likeness (QED) is 0.599. The van der Waals surface area contributed by atoms with Gasteiger partial charge in [0.25, 0.3) is 0 Å². The highest BCUT2D eigenvalue weighted by molar-refractivity contribution is 5.67. The van der Waals surface area contributed by atoms with Gasteiger partial charge in [-0.1, -0.05) is 43.7 Å². The van der Waals surface area contributed by atoms with Crippen LogP contribution in [0.5, 0.6) is 5.75 Å². The minimum absolute atomic E-state index is 0.236. The van der Waals surface area contributed by atoms with Crippen molar-refractivity contribution < 1.29 is 14.3 Å². The van der Waals surface area contributed by atoms with Gasteiger partial charge in [0.05, 0.1) is 6.54 Å². The van der Waals surface area contributed by atoms with E-state index in [9.17, 15) is 4.79 Å². The first-order valence-electron chi connectivity index (χ1n) is 10.1. The maximum atomic E-state index is 11.6. The van der Waals surface area contributed by atoms with Gasteiger partial charge >= 0.3 is 6.09 Å². The number of carbonyl (C=O) groups is 1. The van der Waals surface area contributed by atoms with Gasteiger partial charge < -0.3 is 14.8 Å². The average Bonchev–Trinajstić information content (AvgIpc) is 2.56. The topological polar surface area (TPSA) is 47.6 Å². The van der Waals surface area contributed by atoms with Gasteiger partial charge in [0.2, 0.25) is 0 Å². The molecule has 0 atom stereocenters. The molecule has 4 heteroatoms. The Morgan fingerprint density at radius 2 is 2.00 bits per heavy atom. The van der Waals surface area contributed by atoms with Crippen LogP contribution in [0.25, 0.3) is 6.08 Å². The van der Waals surface area contributed by atoms with Gasteiger partial charge in [0.1, 0.15) is 18.0 Å². The molecule has 1 aliphatic rings. The van der Waals surface area contributed by atoms with Crippen LogP contribution in [-0.2, 0) is 4.74 Å². The SMILES string of the molecule is CC1=C(/C=C/c2cccc(OCCNC(=O)OC(C)(C)C)c2)C(C)(C)CCC1. The summed E-state index contributed by atoms with van der Waals surface area (Å²) in [5.74, 6) is 0.793. The van der Waals surface area contributed by atoms with Crippen molar-refractivity contribution in [3.8, 4) is 5.75 Å². The van der Waals surface area contributed by atoms with Gasteiger partial charge in [0.15, 0.2) is 0 Å². The van der Waals surface area contributed by atoms with Gasteiger partial charge in [-0.2, -0.15) is 0 Å². The highest BCUT2D eigenvalue weighted by atomic mass is 16.6. The lowest BCUT2D eigenvalue weighted by Crippen LogP contribution is -2.34. The van der Waals surface area contributed by atoms with Crippen molar-refractivity contribution in [3.63, 3.8) is 0 Å². The molecule has 0 saturated carbocycles. The molecule has 0 heterocycles. The van der Waals surface area contributed by atoms with Crippen LogP contribution in [0.1, 0.15) is 66.4 Å². The molecule has 0 spiro atoms. The van der Waals surface area contributed by atoms with Crippen LogP contribution >= 0.6 is 0 Å². The van der Waals surface area contributed by atoms with E-state index in [1.54, 1.807) is 0 Å². The Balaban J connectivity index is 1.89. The molecule has 1 amide bonds. The molecule has 1 aliphatic carbocycles. The van der Waals surface area contributed by atoms with Crippen LogP contribution in [0.4, 0.5) is 4.79 Å². The first-order valence-corrected chi connectivity index (χ1v) is 10.1. The number of ether oxygens (including phenoxy) is 2. The molecular formula is C24H35NO3. The zero-order valence-corrected chi connectivity index (χ0v) is 18.2. The van der Waals surface area contributed by atoms with Crippen LogP contribution < -0.4 is 10.1 Å². The third kappa shape index (κ3) is 7.06. The van der Waals surface area contributed by atoms with Gasteiger partial charge in [0, 0.05) is 0 Å². The highest BCUT2D eigenvalue weighted by Crippen LogP contribution is 2.41. The summed E-state index contributed by atoms with van der Waals surface area (Å²) in [4.78, 5) is 11.6. The van der Waals surface area contributed by atoms with Crippen LogP contribution in [0.2, 0.25) is 0 Å². The van der Waals surface area contributed by atoms with Gasteiger partial charge in [-0.25, -0.2) is 4.79 Å². The van der Waals surface area contributed by atoms with E-state index in [1.807, 2.05) is 39.0 Å². The summed E-state index contributed by atoms with van der Waals surface area (Å²) in [6.07, 6.45) is 7.70. The summed E-state index contributed by atoms with van der Waals surface area (Å²) in [6.45, 7) is 13.2. The standard InChI is InChI=1S/C24H35NO3/c1-18-9-8-14-24(5,6)21(18)13-12-19-10-7-11-20(17-19)27-16-15-25-22(26)28-23(2,3)4/h7,10-13,17H,8-9,14-16H2,1-6H3,(H,25,26)/b13-12+. The van der Waals surface area contributed by atoms with Crippen LogP contribution in [-0.4, -0.2) is 24.8 Å². The van der Waals surface area contributed by atoms with E-state index in [4.69, 9.17) is 9.47 Å². The molecule has 0 unspecified atom stereocenters. The van der Waals surface area contributed by atoms with Crippen LogP contribution in [0.3, 0.4) is 0 Å². The van der Waals surface area contributed by atoms with Crippen molar-refractivity contribution in [2.75, 3.05) is 13.2 Å². The summed E-state index contributed by atoms with van der Waals surface area (Å²) in [6, 6.07) is 8.02. The summed E-state index contributed by atoms with van der Waals surface area (Å²) in [5, 5.41) is 2.70. The average molecular weight is 386 g/mol. The van der Waals surface area contributed by atoms with Gasteiger partial charge in [-0.05, 0) is 75.6 Å². The Morgan fingerprint density at radius 1 is 1.25 bits per heavy atom. The molecule has 0 bridgehead atoms. The number of hydrogen-bond acceptors (Lipinski definition) is 3. The number of hydrogen-bond donors (Lipinski definition) is 1. The smallest absolute Gasteiger partial charge is 0.407 e. The summed E-state index contributed by atoms with van der Waals surface area (Å²) in [7, 11) is 0. The first kappa shape index (κ1) is 22.1. The lowest BCUT2D eigenvalue weighted by atomic mass is 9.72. The van der Waals surface area contributed by atoms with Crippen LogP contribution in [0, 0.1) is 5.41 Å². The Labute approximate surface area is 170 Å². The molecular weight excluding hydrogens is 350 g/mol. The fraction of sp³-hybridized carbons (Fsp3) is 0.542. The van der Waals surface area contributed by atoms with Crippen molar-refractivity contribution in [2.24, 2.45) is 5.41 Å². The molecule has 0 aromatic heterocycles. The monoisotopic (exact) mass is 385 g/mol. The zero-order chi connectivity index (χ0) is 20.8. The number of allylic oxidation sites excluding steroid dienone is 3. The van der Waals surface area contributed by atoms with Crippen molar-refractivity contribution in [3.05, 3.63) is 47.1 Å². The Kier molecular flexibility index (Phi) is 7.34. The second-order valence-electron chi connectivity index (χ2n) is 9.11. The van der Waals surface area contributed by atoms with E-state index >= 15 is 0 Å². The third-order valence-electron chi connectivity index (χ3n) is 4.88. The lowest BCUT2D eigenvalue weighted by Gasteiger charge is -2.32. The third-order valence-corrected chi connectivity index (χ3v) is 4.88. The molecule has 1 aromatic rings. The Morgan fingerprint density at radius 3 is 2.68 bits per heavy atom. The number of alkyl carbamates (subject to hydrolysis) is 1. The van der Waals surface area contributed by atoms with Crippen LogP contribution in [0.15, 0.2) is 41.5 Å². The van der Waals surface area contributed by atoms with E-state index in [0.717, 1.165) is 11.3 Å². The van der Waals surface area contributed by atoms with E-state index < -0.39 is 11.7 Å². The first-order chi connectivity index (χ1) is 13.1. The molecule has 0 fully saturated rings. The number of rotatable bonds is 6. The molecule has 1 N–H and O–H groups in total. The zero-order valence-electron chi connectivity index (χ0n) is 18.2. The largest absolute Gasteiger partial charge is 0.492 e. The minimum atomic E-state index is -0.494. The molecule has 0 aliphatic heterocycles. The number of carbonyl (C=O) groups excluding carboxylic acids is 1. The summed E-state index contributed by atoms with van der Waals surface area (Å²) >= 11 is 0. The van der Waals surface area contributed by atoms with Crippen molar-refractivity contribution >= 4 is 12.2 Å². The van der Waals surface area contributed by atoms with Gasteiger partial charge in [-0.3, -0.25) is 0 Å². The van der Waals surface area contributed by atoms with Crippen molar-refractivity contribution in [1.29, 1.82) is 0 Å². The fourth-order valence-corrected chi connectivity index (χ4v) is 3.53. The molecule has 4 nitrogen and oxygen atoms in total. The number of benzene rings is 1. The van der Waals surface area contributed by atoms with Crippen molar-refractivity contribution in [1.82, 2.24) is 5.32 Å². The summed E-state index contributed by atoms with van der Waals surface area (Å²) < 4.78 is 11.0. The number of amides is 1. The predicted octanol–water partition coefficient (Wildman–Crippen LogP) is 6.13. The molecule has 28 heavy (non-hydrogen) atoms. The van der Waals surface area contributed by atoms with Gasteiger partial charge in [-0.15, -0.1) is 0 Å². The lowest BCUT2D eigenvalue weighted by molar-refractivity contribution is 0.0520. The predicted molar refractivity (Wildman–Crippen MR) is 116 cm³/mol. The maximum Gasteiger partial charge on any atom is 0.407 e. The van der Waals surface area contributed by atoms with E-state index in [1.165, 1.54) is 30.4 Å². The fourth-order valence-electron chi connectivity index (χ4n) is 3.53. The second kappa shape index (κ2) is 9.31. The molecule has 2 rings (SSSR count). The Hall–Kier alpha value is -2.23. The molecule has 0 radical (unpaired) electrons. The second-order valence-corrected chi connectivity index (χ2v) is 9.11. The molecule has 1 aromatic carbocycles. The maximum absolute atomic E-state index is 11.6. The van der Waals surface area contributed by atoms with Crippen molar-refractivity contribution in [2.45, 2.75) is 66.4 Å². The highest BCUT2D eigenvalue weighted by Gasteiger charge is 2.26. The molecule has 154 valence electrons. The number of nitrogens with one attached hydrogen (secondary N) is 1. The minimum Gasteiger partial charge on any atom is -0.492 e. The Bertz CT molecular complexity index is 738. The normalized spacial score (nSPS) is 16.9. The van der Waals surface area contributed by atoms with E-state index in [2.05, 4.69) is 44.3 Å². The molecule has 0 saturated heterocycles. The summed E-state index contributed by atoms with van der Waals surface area (Å²) in [5.41, 5.74) is 3.80. The van der Waals surface area contributed by atoms with E-state index in [0.29, 0.717) is 13.2 Å².